The molecule has 0 heterocycles. The SMILES string of the molecule is C=C(C)c1cc(Br)cc(C(N)C(=O)O)c1. The van der Waals surface area contributed by atoms with Gasteiger partial charge in [-0.2, -0.15) is 0 Å². The van der Waals surface area contributed by atoms with Crippen LogP contribution >= 0.6 is 15.9 Å². The van der Waals surface area contributed by atoms with Crippen molar-refractivity contribution in [2.24, 2.45) is 5.73 Å². The van der Waals surface area contributed by atoms with Gasteiger partial charge in [-0.05, 0) is 36.2 Å². The monoisotopic (exact) mass is 269 g/mol. The number of carboxylic acids is 1. The minimum absolute atomic E-state index is 0.565. The van der Waals surface area contributed by atoms with Gasteiger partial charge in [0.15, 0.2) is 0 Å². The third-order valence-electron chi connectivity index (χ3n) is 2.04. The van der Waals surface area contributed by atoms with E-state index in [9.17, 15) is 4.79 Å². The van der Waals surface area contributed by atoms with Crippen LogP contribution in [0.5, 0.6) is 0 Å². The third-order valence-corrected chi connectivity index (χ3v) is 2.50. The minimum Gasteiger partial charge on any atom is -0.480 e. The summed E-state index contributed by atoms with van der Waals surface area (Å²) in [6, 6.07) is 4.32. The molecule has 3 N–H and O–H groups in total. The van der Waals surface area contributed by atoms with Gasteiger partial charge in [-0.1, -0.05) is 28.1 Å². The lowest BCUT2D eigenvalue weighted by Gasteiger charge is -2.10. The van der Waals surface area contributed by atoms with Gasteiger partial charge in [0.25, 0.3) is 0 Å². The van der Waals surface area contributed by atoms with E-state index in [1.807, 2.05) is 13.0 Å². The van der Waals surface area contributed by atoms with E-state index in [0.717, 1.165) is 15.6 Å². The fourth-order valence-corrected chi connectivity index (χ4v) is 1.69. The van der Waals surface area contributed by atoms with E-state index in [0.29, 0.717) is 5.56 Å². The quantitative estimate of drug-likeness (QED) is 0.887. The second-order valence-electron chi connectivity index (χ2n) is 3.37. The molecule has 15 heavy (non-hydrogen) atoms. The number of hydrogen-bond donors (Lipinski definition) is 2. The average Bonchev–Trinajstić information content (AvgIpc) is 2.15. The summed E-state index contributed by atoms with van der Waals surface area (Å²) in [4.78, 5) is 10.7. The van der Waals surface area contributed by atoms with Crippen molar-refractivity contribution in [3.05, 3.63) is 40.4 Å². The summed E-state index contributed by atoms with van der Waals surface area (Å²) in [5.74, 6) is -1.04. The van der Waals surface area contributed by atoms with E-state index in [2.05, 4.69) is 22.5 Å². The van der Waals surface area contributed by atoms with Crippen LogP contribution in [-0.4, -0.2) is 11.1 Å². The molecule has 1 unspecified atom stereocenters. The summed E-state index contributed by atoms with van der Waals surface area (Å²) in [5.41, 5.74) is 7.85. The highest BCUT2D eigenvalue weighted by atomic mass is 79.9. The van der Waals surface area contributed by atoms with Crippen molar-refractivity contribution in [1.29, 1.82) is 0 Å². The van der Waals surface area contributed by atoms with Crippen LogP contribution < -0.4 is 5.73 Å². The van der Waals surface area contributed by atoms with E-state index in [1.165, 1.54) is 0 Å². The molecule has 0 aliphatic carbocycles. The molecule has 1 aromatic carbocycles. The van der Waals surface area contributed by atoms with Crippen LogP contribution in [0.1, 0.15) is 24.1 Å². The molecule has 0 spiro atoms. The summed E-state index contributed by atoms with van der Waals surface area (Å²) >= 11 is 3.31. The minimum atomic E-state index is -1.04. The first kappa shape index (κ1) is 11.9. The molecule has 0 saturated heterocycles. The van der Waals surface area contributed by atoms with Crippen molar-refractivity contribution in [2.45, 2.75) is 13.0 Å². The Hall–Kier alpha value is -1.13. The second-order valence-corrected chi connectivity index (χ2v) is 4.29. The van der Waals surface area contributed by atoms with Crippen molar-refractivity contribution >= 4 is 27.5 Å². The average molecular weight is 270 g/mol. The number of hydrogen-bond acceptors (Lipinski definition) is 2. The lowest BCUT2D eigenvalue weighted by molar-refractivity contribution is -0.138. The van der Waals surface area contributed by atoms with Gasteiger partial charge in [0, 0.05) is 4.47 Å². The van der Waals surface area contributed by atoms with Crippen molar-refractivity contribution < 1.29 is 9.90 Å². The number of aliphatic carboxylic acids is 1. The van der Waals surface area contributed by atoms with E-state index in [4.69, 9.17) is 10.8 Å². The molecule has 1 rings (SSSR count). The number of benzene rings is 1. The lowest BCUT2D eigenvalue weighted by Crippen LogP contribution is -2.20. The first-order valence-electron chi connectivity index (χ1n) is 4.36. The van der Waals surface area contributed by atoms with Crippen LogP contribution in [0.15, 0.2) is 29.3 Å². The maximum Gasteiger partial charge on any atom is 0.325 e. The van der Waals surface area contributed by atoms with Crippen molar-refractivity contribution in [3.8, 4) is 0 Å². The Balaban J connectivity index is 3.20. The molecule has 0 aromatic heterocycles. The van der Waals surface area contributed by atoms with Crippen LogP contribution in [0.2, 0.25) is 0 Å². The van der Waals surface area contributed by atoms with Gasteiger partial charge < -0.3 is 10.8 Å². The maximum atomic E-state index is 10.7. The highest BCUT2D eigenvalue weighted by Crippen LogP contribution is 2.23. The summed E-state index contributed by atoms with van der Waals surface area (Å²) in [6.07, 6.45) is 0. The molecule has 0 radical (unpaired) electrons. The second kappa shape index (κ2) is 4.59. The summed E-state index contributed by atoms with van der Waals surface area (Å²) in [5, 5.41) is 8.79. The third kappa shape index (κ3) is 2.91. The molecule has 1 aromatic rings. The van der Waals surface area contributed by atoms with Gasteiger partial charge in [-0.25, -0.2) is 0 Å². The van der Waals surface area contributed by atoms with Crippen molar-refractivity contribution in [3.63, 3.8) is 0 Å². The number of halogens is 1. The molecule has 80 valence electrons. The van der Waals surface area contributed by atoms with Crippen LogP contribution in [0.4, 0.5) is 0 Å². The molecule has 0 bridgehead atoms. The molecule has 1 atom stereocenters. The fraction of sp³-hybridized carbons (Fsp3) is 0.182. The molecule has 0 amide bonds. The van der Waals surface area contributed by atoms with Crippen molar-refractivity contribution in [2.75, 3.05) is 0 Å². The van der Waals surface area contributed by atoms with Gasteiger partial charge in [0.05, 0.1) is 0 Å². The largest absolute Gasteiger partial charge is 0.480 e. The number of nitrogens with two attached hydrogens (primary N) is 1. The summed E-state index contributed by atoms with van der Waals surface area (Å²) in [6.45, 7) is 5.66. The van der Waals surface area contributed by atoms with Gasteiger partial charge in [0.2, 0.25) is 0 Å². The van der Waals surface area contributed by atoms with Gasteiger partial charge in [0.1, 0.15) is 6.04 Å². The lowest BCUT2D eigenvalue weighted by atomic mass is 10.0. The first-order valence-corrected chi connectivity index (χ1v) is 5.16. The molecule has 0 fully saturated rings. The summed E-state index contributed by atoms with van der Waals surface area (Å²) < 4.78 is 0.801. The zero-order chi connectivity index (χ0) is 11.6. The Bertz CT molecular complexity index is 415. The predicted octanol–water partition coefficient (Wildman–Crippen LogP) is 2.57. The molecule has 0 aliphatic rings. The van der Waals surface area contributed by atoms with Crippen LogP contribution in [0, 0.1) is 0 Å². The predicted molar refractivity (Wildman–Crippen MR) is 63.4 cm³/mol. The van der Waals surface area contributed by atoms with Crippen LogP contribution in [-0.2, 0) is 4.79 Å². The standard InChI is InChI=1S/C11H12BrNO2/c1-6(2)7-3-8(5-9(12)4-7)10(13)11(14)15/h3-5,10H,1,13H2,2H3,(H,14,15). The Morgan fingerprint density at radius 2 is 2.13 bits per heavy atom. The topological polar surface area (TPSA) is 63.3 Å². The zero-order valence-electron chi connectivity index (χ0n) is 8.33. The molecular formula is C11H12BrNO2. The number of allylic oxidation sites excluding steroid dienone is 1. The van der Waals surface area contributed by atoms with Crippen LogP contribution in [0.25, 0.3) is 5.57 Å². The van der Waals surface area contributed by atoms with Gasteiger partial charge in [-0.3, -0.25) is 4.79 Å². The van der Waals surface area contributed by atoms with E-state index >= 15 is 0 Å². The maximum absolute atomic E-state index is 10.7. The molecule has 0 saturated carbocycles. The Kier molecular flexibility index (Phi) is 3.66. The molecule has 4 heteroatoms. The van der Waals surface area contributed by atoms with Gasteiger partial charge in [-0.15, -0.1) is 0 Å². The van der Waals surface area contributed by atoms with E-state index in [1.54, 1.807) is 12.1 Å². The molecular weight excluding hydrogens is 258 g/mol. The highest BCUT2D eigenvalue weighted by Gasteiger charge is 2.15. The van der Waals surface area contributed by atoms with Crippen LogP contribution in [0.3, 0.4) is 0 Å². The van der Waals surface area contributed by atoms with Gasteiger partial charge >= 0.3 is 5.97 Å². The Morgan fingerprint density at radius 3 is 2.60 bits per heavy atom. The number of carbonyl (C=O) groups is 1. The van der Waals surface area contributed by atoms with E-state index in [-0.39, 0.29) is 0 Å². The van der Waals surface area contributed by atoms with E-state index < -0.39 is 12.0 Å². The number of carboxylic acid groups (broad SMARTS) is 1. The highest BCUT2D eigenvalue weighted by molar-refractivity contribution is 9.10. The Morgan fingerprint density at radius 1 is 1.53 bits per heavy atom. The molecule has 0 aliphatic heterocycles. The smallest absolute Gasteiger partial charge is 0.325 e. The molecule has 3 nitrogen and oxygen atoms in total. The number of rotatable bonds is 3. The fourth-order valence-electron chi connectivity index (χ4n) is 1.18. The normalized spacial score (nSPS) is 12.2. The zero-order valence-corrected chi connectivity index (χ0v) is 9.91. The Labute approximate surface area is 96.7 Å². The van der Waals surface area contributed by atoms with Crippen molar-refractivity contribution in [1.82, 2.24) is 0 Å². The first-order chi connectivity index (χ1) is 6.91. The summed E-state index contributed by atoms with van der Waals surface area (Å²) in [7, 11) is 0.